The second-order valence-corrected chi connectivity index (χ2v) is 6.15. The smallest absolute Gasteiger partial charge is 0.321 e. The van der Waals surface area contributed by atoms with Crippen molar-refractivity contribution >= 4 is 29.0 Å². The van der Waals surface area contributed by atoms with E-state index in [0.717, 1.165) is 25.1 Å². The monoisotopic (exact) mass is 296 g/mol. The number of carbonyl (C=O) groups excluding carboxylic acids is 1. The van der Waals surface area contributed by atoms with Gasteiger partial charge in [0.25, 0.3) is 0 Å². The molecule has 0 bridgehead atoms. The van der Waals surface area contributed by atoms with Gasteiger partial charge in [0.05, 0.1) is 5.69 Å². The van der Waals surface area contributed by atoms with Crippen LogP contribution < -0.4 is 5.32 Å². The highest BCUT2D eigenvalue weighted by Crippen LogP contribution is 2.26. The Bertz CT molecular complexity index is 461. The zero-order chi connectivity index (χ0) is 14.5. The van der Waals surface area contributed by atoms with Crippen molar-refractivity contribution in [2.75, 3.05) is 18.4 Å². The highest BCUT2D eigenvalue weighted by Gasteiger charge is 2.28. The van der Waals surface area contributed by atoms with Crippen molar-refractivity contribution < 1.29 is 14.7 Å². The second-order valence-electron chi connectivity index (χ2n) is 5.37. The van der Waals surface area contributed by atoms with E-state index in [1.807, 2.05) is 23.8 Å². The Balaban J connectivity index is 1.89. The Morgan fingerprint density at radius 1 is 1.60 bits per heavy atom. The molecule has 0 saturated carbocycles. The van der Waals surface area contributed by atoms with Crippen molar-refractivity contribution in [3.63, 3.8) is 0 Å². The van der Waals surface area contributed by atoms with E-state index in [9.17, 15) is 9.59 Å². The van der Waals surface area contributed by atoms with Crippen LogP contribution >= 0.6 is 11.3 Å². The highest BCUT2D eigenvalue weighted by atomic mass is 32.1. The third-order valence-electron chi connectivity index (χ3n) is 3.82. The Morgan fingerprint density at radius 2 is 2.40 bits per heavy atom. The fourth-order valence-electron chi connectivity index (χ4n) is 2.64. The maximum Gasteiger partial charge on any atom is 0.321 e. The number of amides is 2. The van der Waals surface area contributed by atoms with Gasteiger partial charge in [-0.15, -0.1) is 0 Å². The summed E-state index contributed by atoms with van der Waals surface area (Å²) in [6.45, 7) is 3.34. The van der Waals surface area contributed by atoms with Gasteiger partial charge in [-0.25, -0.2) is 4.79 Å². The molecule has 20 heavy (non-hydrogen) atoms. The van der Waals surface area contributed by atoms with Crippen LogP contribution in [0, 0.1) is 11.8 Å². The van der Waals surface area contributed by atoms with E-state index in [0.29, 0.717) is 6.54 Å². The van der Waals surface area contributed by atoms with Crippen molar-refractivity contribution in [1.29, 1.82) is 0 Å². The summed E-state index contributed by atoms with van der Waals surface area (Å²) in [5, 5.41) is 15.6. The minimum atomic E-state index is -0.766. The number of urea groups is 1. The van der Waals surface area contributed by atoms with Crippen molar-refractivity contribution in [2.24, 2.45) is 11.8 Å². The summed E-state index contributed by atoms with van der Waals surface area (Å²) in [5.41, 5.74) is 0.820. The summed E-state index contributed by atoms with van der Waals surface area (Å²) >= 11 is 1.54. The molecule has 5 nitrogen and oxygen atoms in total. The Labute approximate surface area is 122 Å². The molecule has 1 aromatic heterocycles. The Kier molecular flexibility index (Phi) is 5.00. The molecular formula is C14H20N2O3S. The van der Waals surface area contributed by atoms with Crippen LogP contribution in [0.15, 0.2) is 16.8 Å². The van der Waals surface area contributed by atoms with Gasteiger partial charge in [-0.1, -0.05) is 6.92 Å². The second kappa shape index (κ2) is 6.74. The largest absolute Gasteiger partial charge is 0.481 e. The minimum Gasteiger partial charge on any atom is -0.481 e. The highest BCUT2D eigenvalue weighted by molar-refractivity contribution is 7.08. The summed E-state index contributed by atoms with van der Waals surface area (Å²) in [6, 6.07) is 1.78. The summed E-state index contributed by atoms with van der Waals surface area (Å²) < 4.78 is 0. The van der Waals surface area contributed by atoms with Gasteiger partial charge in [0, 0.05) is 24.9 Å². The molecule has 0 radical (unpaired) electrons. The summed E-state index contributed by atoms with van der Waals surface area (Å²) in [4.78, 5) is 24.7. The molecule has 2 amide bonds. The summed E-state index contributed by atoms with van der Waals surface area (Å²) in [5.74, 6) is -0.394. The first-order valence-electron chi connectivity index (χ1n) is 6.86. The normalized spacial score (nSPS) is 20.4. The van der Waals surface area contributed by atoms with Crippen LogP contribution in [0.2, 0.25) is 0 Å². The van der Waals surface area contributed by atoms with Crippen LogP contribution in [0.1, 0.15) is 26.2 Å². The molecule has 2 atom stereocenters. The average Bonchev–Trinajstić information content (AvgIpc) is 2.91. The number of hydrogen-bond acceptors (Lipinski definition) is 3. The molecular weight excluding hydrogens is 276 g/mol. The van der Waals surface area contributed by atoms with Gasteiger partial charge < -0.3 is 15.3 Å². The van der Waals surface area contributed by atoms with Crippen LogP contribution in [0.3, 0.4) is 0 Å². The Morgan fingerprint density at radius 3 is 3.05 bits per heavy atom. The number of thiophene rings is 1. The molecule has 1 aliphatic heterocycles. The lowest BCUT2D eigenvalue weighted by Gasteiger charge is -2.35. The van der Waals surface area contributed by atoms with Crippen molar-refractivity contribution in [3.05, 3.63) is 16.8 Å². The zero-order valence-corrected chi connectivity index (χ0v) is 12.4. The van der Waals surface area contributed by atoms with Crippen molar-refractivity contribution in [2.45, 2.75) is 26.2 Å². The van der Waals surface area contributed by atoms with Crippen molar-refractivity contribution in [1.82, 2.24) is 4.90 Å². The third kappa shape index (κ3) is 3.96. The Hall–Kier alpha value is -1.56. The standard InChI is InChI=1S/C14H20N2O3S/c1-10(7-13(17)18)11-3-2-5-16(8-11)14(19)15-12-4-6-20-9-12/h4,6,9-11H,2-3,5,7-8H2,1H3,(H,15,19)(H,17,18). The number of hydrogen-bond donors (Lipinski definition) is 2. The van der Waals surface area contributed by atoms with E-state index in [2.05, 4.69) is 5.32 Å². The molecule has 0 spiro atoms. The number of piperidine rings is 1. The topological polar surface area (TPSA) is 69.6 Å². The number of likely N-dealkylation sites (tertiary alicyclic amines) is 1. The van der Waals surface area contributed by atoms with Crippen LogP contribution in [-0.4, -0.2) is 35.1 Å². The van der Waals surface area contributed by atoms with E-state index < -0.39 is 5.97 Å². The molecule has 2 N–H and O–H groups in total. The number of nitrogens with one attached hydrogen (secondary N) is 1. The lowest BCUT2D eigenvalue weighted by Crippen LogP contribution is -2.44. The van der Waals surface area contributed by atoms with Gasteiger partial charge in [0.2, 0.25) is 0 Å². The summed E-state index contributed by atoms with van der Waals surface area (Å²) in [6.07, 6.45) is 2.10. The van der Waals surface area contributed by atoms with E-state index in [-0.39, 0.29) is 24.3 Å². The van der Waals surface area contributed by atoms with Gasteiger partial charge in [0.1, 0.15) is 0 Å². The van der Waals surface area contributed by atoms with E-state index >= 15 is 0 Å². The molecule has 0 aromatic carbocycles. The lowest BCUT2D eigenvalue weighted by molar-refractivity contribution is -0.138. The SMILES string of the molecule is CC(CC(=O)O)C1CCCN(C(=O)Nc2ccsc2)C1. The van der Waals surface area contributed by atoms with Crippen LogP contribution in [0.25, 0.3) is 0 Å². The molecule has 1 saturated heterocycles. The predicted molar refractivity (Wildman–Crippen MR) is 79.1 cm³/mol. The molecule has 1 aromatic rings. The molecule has 0 aliphatic carbocycles. The molecule has 110 valence electrons. The zero-order valence-electron chi connectivity index (χ0n) is 11.5. The van der Waals surface area contributed by atoms with Crippen LogP contribution in [0.5, 0.6) is 0 Å². The van der Waals surface area contributed by atoms with Crippen LogP contribution in [-0.2, 0) is 4.79 Å². The fourth-order valence-corrected chi connectivity index (χ4v) is 3.23. The van der Waals surface area contributed by atoms with Crippen molar-refractivity contribution in [3.8, 4) is 0 Å². The number of aliphatic carboxylic acids is 1. The number of carboxylic acid groups (broad SMARTS) is 1. The number of nitrogens with zero attached hydrogens (tertiary/aromatic N) is 1. The van der Waals surface area contributed by atoms with E-state index in [4.69, 9.17) is 5.11 Å². The third-order valence-corrected chi connectivity index (χ3v) is 4.50. The van der Waals surface area contributed by atoms with E-state index in [1.54, 1.807) is 16.2 Å². The van der Waals surface area contributed by atoms with Crippen LogP contribution in [0.4, 0.5) is 10.5 Å². The van der Waals surface area contributed by atoms with E-state index in [1.165, 1.54) is 0 Å². The number of rotatable bonds is 4. The fraction of sp³-hybridized carbons (Fsp3) is 0.571. The van der Waals surface area contributed by atoms with Gasteiger partial charge in [-0.05, 0) is 36.1 Å². The lowest BCUT2D eigenvalue weighted by atomic mass is 9.85. The first-order valence-corrected chi connectivity index (χ1v) is 7.80. The molecule has 1 aliphatic rings. The minimum absolute atomic E-state index is 0.0874. The number of carbonyl (C=O) groups is 2. The van der Waals surface area contributed by atoms with Gasteiger partial charge in [-0.2, -0.15) is 11.3 Å². The first-order chi connectivity index (χ1) is 9.56. The number of carboxylic acids is 1. The van der Waals surface area contributed by atoms with Gasteiger partial charge in [0.15, 0.2) is 0 Å². The molecule has 2 unspecified atom stereocenters. The molecule has 1 fully saturated rings. The molecule has 2 rings (SSSR count). The molecule has 6 heteroatoms. The average molecular weight is 296 g/mol. The summed E-state index contributed by atoms with van der Waals surface area (Å²) in [7, 11) is 0. The molecule has 2 heterocycles. The first kappa shape index (κ1) is 14.8. The maximum absolute atomic E-state index is 12.2. The number of anilines is 1. The quantitative estimate of drug-likeness (QED) is 0.897. The maximum atomic E-state index is 12.2. The van der Waals surface area contributed by atoms with Gasteiger partial charge >= 0.3 is 12.0 Å². The predicted octanol–water partition coefficient (Wildman–Crippen LogP) is 3.10. The van der Waals surface area contributed by atoms with Gasteiger partial charge in [-0.3, -0.25) is 4.79 Å².